The molecule has 1 fully saturated rings. The molecule has 2 aromatic heterocycles. The molecule has 3 aromatic rings. The van der Waals surface area contributed by atoms with Crippen LogP contribution >= 0.6 is 0 Å². The van der Waals surface area contributed by atoms with Crippen molar-refractivity contribution >= 4 is 26.8 Å². The van der Waals surface area contributed by atoms with Gasteiger partial charge >= 0.3 is 0 Å². The molecule has 0 bridgehead atoms. The van der Waals surface area contributed by atoms with E-state index in [-0.39, 0.29) is 23.3 Å². The Labute approximate surface area is 168 Å². The Morgan fingerprint density at radius 1 is 1.21 bits per heavy atom. The van der Waals surface area contributed by atoms with Crippen molar-refractivity contribution in [2.45, 2.75) is 45.4 Å². The molecule has 2 N–H and O–H groups in total. The first kappa shape index (κ1) is 19.4. The summed E-state index contributed by atoms with van der Waals surface area (Å²) in [7, 11) is -3.45. The Bertz CT molecular complexity index is 1300. The largest absolute Gasteiger partial charge is 0.348 e. The van der Waals surface area contributed by atoms with Gasteiger partial charge in [0, 0.05) is 34.9 Å². The van der Waals surface area contributed by atoms with Crippen LogP contribution in [0.15, 0.2) is 35.3 Å². The van der Waals surface area contributed by atoms with E-state index in [0.717, 1.165) is 16.8 Å². The van der Waals surface area contributed by atoms with Crippen LogP contribution in [0.1, 0.15) is 45.6 Å². The maximum atomic E-state index is 12.9. The third-order valence-electron chi connectivity index (χ3n) is 5.37. The average molecular weight is 413 g/mol. The number of nitrogens with zero attached hydrogens (tertiary/aromatic N) is 1. The first-order valence-corrected chi connectivity index (χ1v) is 11.0. The van der Waals surface area contributed by atoms with E-state index in [2.05, 4.69) is 10.3 Å². The molecular weight excluding hydrogens is 390 g/mol. The lowest BCUT2D eigenvalue weighted by Gasteiger charge is -2.10. The summed E-state index contributed by atoms with van der Waals surface area (Å²) >= 11 is 0. The number of nitrogens with one attached hydrogen (secondary N) is 2. The number of aryl methyl sites for hydroxylation is 3. The summed E-state index contributed by atoms with van der Waals surface area (Å²) in [4.78, 5) is 27.8. The number of carbonyl (C=O) groups excluding carboxylic acids is 1. The van der Waals surface area contributed by atoms with E-state index in [0.29, 0.717) is 34.9 Å². The van der Waals surface area contributed by atoms with E-state index < -0.39 is 10.0 Å². The van der Waals surface area contributed by atoms with Crippen LogP contribution in [-0.2, 0) is 16.6 Å². The first-order valence-electron chi connectivity index (χ1n) is 9.53. The summed E-state index contributed by atoms with van der Waals surface area (Å²) in [6, 6.07) is 6.93. The molecule has 0 radical (unpaired) electrons. The van der Waals surface area contributed by atoms with E-state index in [1.165, 1.54) is 3.97 Å². The zero-order chi connectivity index (χ0) is 20.9. The Kier molecular flexibility index (Phi) is 4.61. The van der Waals surface area contributed by atoms with Crippen LogP contribution in [0.25, 0.3) is 10.9 Å². The van der Waals surface area contributed by atoms with Crippen LogP contribution in [0.5, 0.6) is 0 Å². The summed E-state index contributed by atoms with van der Waals surface area (Å²) < 4.78 is 26.8. The van der Waals surface area contributed by atoms with Gasteiger partial charge in [0.05, 0.1) is 10.8 Å². The van der Waals surface area contributed by atoms with Gasteiger partial charge in [0.25, 0.3) is 11.5 Å². The van der Waals surface area contributed by atoms with Gasteiger partial charge in [0.2, 0.25) is 10.0 Å². The van der Waals surface area contributed by atoms with E-state index in [1.54, 1.807) is 38.2 Å². The van der Waals surface area contributed by atoms with Gasteiger partial charge in [-0.25, -0.2) is 12.4 Å². The minimum absolute atomic E-state index is 0.0940. The molecule has 0 spiro atoms. The lowest BCUT2D eigenvalue weighted by atomic mass is 10.1. The molecule has 0 saturated heterocycles. The van der Waals surface area contributed by atoms with Crippen LogP contribution in [0, 0.1) is 20.8 Å². The van der Waals surface area contributed by atoms with Gasteiger partial charge in [-0.1, -0.05) is 6.07 Å². The van der Waals surface area contributed by atoms with Gasteiger partial charge in [-0.3, -0.25) is 9.59 Å². The van der Waals surface area contributed by atoms with E-state index in [9.17, 15) is 18.0 Å². The zero-order valence-corrected chi connectivity index (χ0v) is 17.4. The predicted molar refractivity (Wildman–Crippen MR) is 112 cm³/mol. The highest BCUT2D eigenvalue weighted by molar-refractivity contribution is 7.91. The van der Waals surface area contributed by atoms with Crippen LogP contribution in [0.2, 0.25) is 0 Å². The predicted octanol–water partition coefficient (Wildman–Crippen LogP) is 2.53. The summed E-state index contributed by atoms with van der Waals surface area (Å²) in [5, 5.41) is 3.07. The molecule has 7 nitrogen and oxygen atoms in total. The van der Waals surface area contributed by atoms with Gasteiger partial charge in [-0.05, 0) is 62.9 Å². The maximum Gasteiger partial charge on any atom is 0.253 e. The Balaban J connectivity index is 1.69. The molecule has 1 aliphatic carbocycles. The van der Waals surface area contributed by atoms with Crippen LogP contribution in [0.4, 0.5) is 0 Å². The molecule has 0 aliphatic heterocycles. The fourth-order valence-corrected chi connectivity index (χ4v) is 5.52. The number of H-pyrrole nitrogens is 1. The SMILES string of the molecule is Cc1cc(C)c(CNC(=O)c2cccc3c2c(C)cn3S(=O)(=O)C2CC2)c(=O)[nH]1. The van der Waals surface area contributed by atoms with Crippen molar-refractivity contribution in [3.8, 4) is 0 Å². The van der Waals surface area contributed by atoms with Crippen molar-refractivity contribution in [3.05, 3.63) is 68.8 Å². The topological polar surface area (TPSA) is 101 Å². The van der Waals surface area contributed by atoms with Gasteiger partial charge in [0.1, 0.15) is 0 Å². The quantitative estimate of drug-likeness (QED) is 0.671. The van der Waals surface area contributed by atoms with Gasteiger partial charge in [-0.15, -0.1) is 0 Å². The van der Waals surface area contributed by atoms with Crippen molar-refractivity contribution in [1.82, 2.24) is 14.3 Å². The van der Waals surface area contributed by atoms with Crippen LogP contribution in [0.3, 0.4) is 0 Å². The second-order valence-electron chi connectivity index (χ2n) is 7.68. The Hall–Kier alpha value is -2.87. The molecule has 4 rings (SSSR count). The second kappa shape index (κ2) is 6.88. The molecule has 1 saturated carbocycles. The van der Waals surface area contributed by atoms with E-state index in [4.69, 9.17) is 0 Å². The lowest BCUT2D eigenvalue weighted by Crippen LogP contribution is -2.28. The monoisotopic (exact) mass is 413 g/mol. The van der Waals surface area contributed by atoms with Crippen molar-refractivity contribution in [2.24, 2.45) is 0 Å². The molecule has 152 valence electrons. The fourth-order valence-electron chi connectivity index (χ4n) is 3.74. The number of pyridine rings is 1. The van der Waals surface area contributed by atoms with Gasteiger partial charge in [-0.2, -0.15) is 0 Å². The molecule has 1 aliphatic rings. The smallest absolute Gasteiger partial charge is 0.253 e. The van der Waals surface area contributed by atoms with Crippen LogP contribution < -0.4 is 10.9 Å². The molecule has 8 heteroatoms. The molecule has 1 aromatic carbocycles. The Morgan fingerprint density at radius 3 is 2.59 bits per heavy atom. The zero-order valence-electron chi connectivity index (χ0n) is 16.6. The molecule has 0 unspecified atom stereocenters. The summed E-state index contributed by atoms with van der Waals surface area (Å²) in [5.41, 5.74) is 3.47. The normalized spacial score (nSPS) is 14.3. The van der Waals surface area contributed by atoms with Gasteiger partial charge in [0.15, 0.2) is 0 Å². The highest BCUT2D eigenvalue weighted by Gasteiger charge is 2.38. The average Bonchev–Trinajstić information content (AvgIpc) is 3.45. The summed E-state index contributed by atoms with van der Waals surface area (Å²) in [6.07, 6.45) is 2.93. The molecule has 1 amide bonds. The number of hydrogen-bond acceptors (Lipinski definition) is 4. The number of aromatic amines is 1. The summed E-state index contributed by atoms with van der Waals surface area (Å²) in [6.45, 7) is 5.53. The molecule has 2 heterocycles. The number of carbonyl (C=O) groups is 1. The van der Waals surface area contributed by atoms with E-state index in [1.807, 2.05) is 13.0 Å². The fraction of sp³-hybridized carbons (Fsp3) is 0.333. The number of hydrogen-bond donors (Lipinski definition) is 2. The minimum atomic E-state index is -3.45. The number of aromatic nitrogens is 2. The lowest BCUT2D eigenvalue weighted by molar-refractivity contribution is 0.0952. The number of fused-ring (bicyclic) bond motifs is 1. The summed E-state index contributed by atoms with van der Waals surface area (Å²) in [5.74, 6) is -0.348. The highest BCUT2D eigenvalue weighted by Crippen LogP contribution is 2.34. The number of rotatable bonds is 5. The van der Waals surface area contributed by atoms with E-state index >= 15 is 0 Å². The third-order valence-corrected chi connectivity index (χ3v) is 7.53. The second-order valence-corrected chi connectivity index (χ2v) is 9.77. The standard InChI is InChI=1S/C21H23N3O4S/c1-12-9-14(3)23-21(26)17(12)10-22-20(25)16-5-4-6-18-19(16)13(2)11-24(18)29(27,28)15-7-8-15/h4-6,9,11,15H,7-8,10H2,1-3H3,(H,22,25)(H,23,26). The molecular formula is C21H23N3O4S. The number of benzene rings is 1. The third kappa shape index (κ3) is 3.37. The maximum absolute atomic E-state index is 12.9. The first-order chi connectivity index (χ1) is 13.7. The van der Waals surface area contributed by atoms with Crippen molar-refractivity contribution in [1.29, 1.82) is 0 Å². The molecule has 0 atom stereocenters. The molecule has 29 heavy (non-hydrogen) atoms. The minimum Gasteiger partial charge on any atom is -0.348 e. The highest BCUT2D eigenvalue weighted by atomic mass is 32.2. The van der Waals surface area contributed by atoms with Crippen molar-refractivity contribution in [2.75, 3.05) is 0 Å². The van der Waals surface area contributed by atoms with Gasteiger partial charge < -0.3 is 10.3 Å². The van der Waals surface area contributed by atoms with Crippen LogP contribution in [-0.4, -0.2) is 28.5 Å². The van der Waals surface area contributed by atoms with Crippen molar-refractivity contribution < 1.29 is 13.2 Å². The Morgan fingerprint density at radius 2 is 1.93 bits per heavy atom. The number of amides is 1. The van der Waals surface area contributed by atoms with Crippen molar-refractivity contribution in [3.63, 3.8) is 0 Å².